The number of aliphatic hydroxyl groups is 1. The monoisotopic (exact) mass is 418 g/mol. The van der Waals surface area contributed by atoms with Crippen LogP contribution in [0.4, 0.5) is 13.2 Å². The highest BCUT2D eigenvalue weighted by molar-refractivity contribution is 9.10. The van der Waals surface area contributed by atoms with E-state index in [-0.39, 0.29) is 22.2 Å². The molecule has 2 aliphatic rings. The van der Waals surface area contributed by atoms with E-state index in [4.69, 9.17) is 0 Å². The molecule has 0 bridgehead atoms. The van der Waals surface area contributed by atoms with Crippen molar-refractivity contribution in [2.75, 3.05) is 0 Å². The van der Waals surface area contributed by atoms with Crippen molar-refractivity contribution in [1.29, 1.82) is 0 Å². The second-order valence-corrected chi connectivity index (χ2v) is 7.37. The Morgan fingerprint density at radius 2 is 1.88 bits per heavy atom. The molecule has 1 fully saturated rings. The molecule has 1 aromatic rings. The van der Waals surface area contributed by atoms with E-state index in [1.807, 2.05) is 0 Å². The Balaban J connectivity index is 1.98. The van der Waals surface area contributed by atoms with E-state index in [1.165, 1.54) is 6.07 Å². The van der Waals surface area contributed by atoms with Gasteiger partial charge in [0.2, 0.25) is 0 Å². The summed E-state index contributed by atoms with van der Waals surface area (Å²) in [5, 5.41) is 14.5. The van der Waals surface area contributed by atoms with Crippen LogP contribution >= 0.6 is 15.9 Å². The maximum absolute atomic E-state index is 13.6. The summed E-state index contributed by atoms with van der Waals surface area (Å²) in [6.45, 7) is 0. The average Bonchev–Trinajstić information content (AvgIpc) is 2.94. The largest absolute Gasteiger partial charge is 0.438 e. The molecule has 1 aliphatic carbocycles. The summed E-state index contributed by atoms with van der Waals surface area (Å²) in [5.41, 5.74) is -3.01. The van der Waals surface area contributed by atoms with Crippen LogP contribution in [0.2, 0.25) is 0 Å². The van der Waals surface area contributed by atoms with Crippen molar-refractivity contribution in [1.82, 2.24) is 5.01 Å². The number of halogens is 4. The van der Waals surface area contributed by atoms with Gasteiger partial charge in [-0.2, -0.15) is 23.3 Å². The van der Waals surface area contributed by atoms with E-state index in [9.17, 15) is 23.1 Å². The summed E-state index contributed by atoms with van der Waals surface area (Å²) in [5.74, 6) is -1.09. The number of carbonyl (C=O) groups excluding carboxylic acids is 1. The van der Waals surface area contributed by atoms with Crippen molar-refractivity contribution in [3.63, 3.8) is 0 Å². The Morgan fingerprint density at radius 3 is 2.48 bits per heavy atom. The van der Waals surface area contributed by atoms with Crippen molar-refractivity contribution < 1.29 is 23.1 Å². The van der Waals surface area contributed by atoms with Crippen LogP contribution in [-0.4, -0.2) is 33.6 Å². The number of rotatable bonds is 2. The highest BCUT2D eigenvalue weighted by Crippen LogP contribution is 2.44. The van der Waals surface area contributed by atoms with Crippen LogP contribution in [-0.2, 0) is 0 Å². The van der Waals surface area contributed by atoms with Crippen molar-refractivity contribution in [3.05, 3.63) is 34.3 Å². The van der Waals surface area contributed by atoms with Crippen LogP contribution in [0.5, 0.6) is 0 Å². The molecule has 0 saturated heterocycles. The van der Waals surface area contributed by atoms with Crippen molar-refractivity contribution in [2.45, 2.75) is 50.4 Å². The molecule has 8 heteroatoms. The third-order valence-corrected chi connectivity index (χ3v) is 5.53. The molecule has 0 aromatic heterocycles. The highest BCUT2D eigenvalue weighted by atomic mass is 79.9. The summed E-state index contributed by atoms with van der Waals surface area (Å²) in [4.78, 5) is 12.7. The van der Waals surface area contributed by atoms with E-state index >= 15 is 0 Å². The van der Waals surface area contributed by atoms with Crippen LogP contribution in [0.1, 0.15) is 48.9 Å². The number of hydrogen-bond acceptors (Lipinski definition) is 3. The first-order chi connectivity index (χ1) is 11.7. The lowest BCUT2D eigenvalue weighted by molar-refractivity contribution is -0.297. The fourth-order valence-corrected chi connectivity index (χ4v) is 3.87. The lowest BCUT2D eigenvalue weighted by atomic mass is 9.83. The third kappa shape index (κ3) is 3.33. The summed E-state index contributed by atoms with van der Waals surface area (Å²) in [6.07, 6.45) is -1.31. The topological polar surface area (TPSA) is 52.9 Å². The van der Waals surface area contributed by atoms with Gasteiger partial charge in [0, 0.05) is 16.6 Å². The van der Waals surface area contributed by atoms with Crippen molar-refractivity contribution >= 4 is 27.5 Å². The van der Waals surface area contributed by atoms with Gasteiger partial charge < -0.3 is 5.11 Å². The zero-order valence-electron chi connectivity index (χ0n) is 13.4. The summed E-state index contributed by atoms with van der Waals surface area (Å²) in [6, 6.07) is 6.16. The standard InChI is InChI=1S/C17H18BrF3N2O2/c18-13-9-5-4-8-12(13)15(24)23-16(25,17(19,20)21)10-14(22-23)11-6-2-1-3-7-11/h4-5,8-9,11,25H,1-3,6-7,10H2/t16-/m0/s1. The minimum atomic E-state index is -5.00. The molecule has 0 unspecified atom stereocenters. The third-order valence-electron chi connectivity index (χ3n) is 4.83. The van der Waals surface area contributed by atoms with Gasteiger partial charge in [0.25, 0.3) is 11.6 Å². The van der Waals surface area contributed by atoms with Gasteiger partial charge in [-0.25, -0.2) is 0 Å². The van der Waals surface area contributed by atoms with Gasteiger partial charge in [0.05, 0.1) is 5.56 Å². The van der Waals surface area contributed by atoms with Crippen molar-refractivity contribution in [3.8, 4) is 0 Å². The number of hydrazone groups is 1. The summed E-state index contributed by atoms with van der Waals surface area (Å²) >= 11 is 3.16. The number of nitrogens with zero attached hydrogens (tertiary/aromatic N) is 2. The molecule has 1 amide bonds. The SMILES string of the molecule is O=C(c1ccccc1Br)N1N=C(C2CCCCC2)C[C@]1(O)C(F)(F)F. The number of amides is 1. The Kier molecular flexibility index (Phi) is 4.94. The number of alkyl halides is 3. The highest BCUT2D eigenvalue weighted by Gasteiger charge is 2.63. The number of benzene rings is 1. The van der Waals surface area contributed by atoms with E-state index < -0.39 is 24.2 Å². The minimum Gasteiger partial charge on any atom is -0.362 e. The zero-order valence-corrected chi connectivity index (χ0v) is 15.0. The molecule has 1 aliphatic heterocycles. The normalized spacial score (nSPS) is 25.2. The van der Waals surface area contributed by atoms with Gasteiger partial charge >= 0.3 is 6.18 Å². The molecule has 136 valence electrons. The second-order valence-electron chi connectivity index (χ2n) is 6.51. The molecule has 3 rings (SSSR count). The predicted molar refractivity (Wildman–Crippen MR) is 89.9 cm³/mol. The maximum atomic E-state index is 13.6. The molecule has 1 atom stereocenters. The summed E-state index contributed by atoms with van der Waals surface area (Å²) < 4.78 is 41.1. The average molecular weight is 419 g/mol. The fraction of sp³-hybridized carbons (Fsp3) is 0.529. The fourth-order valence-electron chi connectivity index (χ4n) is 3.42. The molecule has 4 nitrogen and oxygen atoms in total. The molecular weight excluding hydrogens is 401 g/mol. The molecule has 1 heterocycles. The molecule has 1 aromatic carbocycles. The lowest BCUT2D eigenvalue weighted by Crippen LogP contribution is -2.56. The predicted octanol–water partition coefficient (Wildman–Crippen LogP) is 4.48. The minimum absolute atomic E-state index is 0.0267. The number of carbonyl (C=O) groups is 1. The van der Waals surface area contributed by atoms with E-state index in [2.05, 4.69) is 21.0 Å². The Morgan fingerprint density at radius 1 is 1.24 bits per heavy atom. The first-order valence-electron chi connectivity index (χ1n) is 8.19. The van der Waals surface area contributed by atoms with Crippen LogP contribution in [0, 0.1) is 5.92 Å². The molecule has 0 radical (unpaired) electrons. The van der Waals surface area contributed by atoms with Gasteiger partial charge in [-0.15, -0.1) is 0 Å². The van der Waals surface area contributed by atoms with E-state index in [1.54, 1.807) is 18.2 Å². The van der Waals surface area contributed by atoms with Crippen LogP contribution < -0.4 is 0 Å². The maximum Gasteiger partial charge on any atom is 0.438 e. The molecule has 1 N–H and O–H groups in total. The van der Waals surface area contributed by atoms with Gasteiger partial charge in [0.15, 0.2) is 0 Å². The van der Waals surface area contributed by atoms with E-state index in [0.717, 1.165) is 32.1 Å². The first kappa shape index (κ1) is 18.4. The second kappa shape index (κ2) is 6.72. The lowest BCUT2D eigenvalue weighted by Gasteiger charge is -2.33. The zero-order chi connectivity index (χ0) is 18.2. The summed E-state index contributed by atoms with van der Waals surface area (Å²) in [7, 11) is 0. The van der Waals surface area contributed by atoms with Crippen LogP contribution in [0.3, 0.4) is 0 Å². The van der Waals surface area contributed by atoms with Crippen LogP contribution in [0.25, 0.3) is 0 Å². The van der Waals surface area contributed by atoms with Gasteiger partial charge in [-0.1, -0.05) is 31.4 Å². The molecule has 0 spiro atoms. The Labute approximate surface area is 151 Å². The Bertz CT molecular complexity index is 701. The first-order valence-corrected chi connectivity index (χ1v) is 8.99. The smallest absolute Gasteiger partial charge is 0.362 e. The van der Waals surface area contributed by atoms with Crippen molar-refractivity contribution in [2.24, 2.45) is 11.0 Å². The molecule has 25 heavy (non-hydrogen) atoms. The van der Waals surface area contributed by atoms with Gasteiger partial charge in [-0.3, -0.25) is 4.79 Å². The van der Waals surface area contributed by atoms with Gasteiger partial charge in [-0.05, 0) is 46.8 Å². The van der Waals surface area contributed by atoms with E-state index in [0.29, 0.717) is 4.47 Å². The molecule has 1 saturated carbocycles. The Hall–Kier alpha value is -1.41. The molecular formula is C17H18BrF3N2O2. The quantitative estimate of drug-likeness (QED) is 0.769. The van der Waals surface area contributed by atoms with Crippen LogP contribution in [0.15, 0.2) is 33.8 Å². The number of hydrogen-bond donors (Lipinski definition) is 1. The van der Waals surface area contributed by atoms with Gasteiger partial charge in [0.1, 0.15) is 0 Å².